The average molecular weight is 189 g/mol. The third-order valence-electron chi connectivity index (χ3n) is 2.98. The van der Waals surface area contributed by atoms with Gasteiger partial charge in [0.05, 0.1) is 0 Å². The van der Waals surface area contributed by atoms with Crippen molar-refractivity contribution in [3.05, 3.63) is 29.3 Å². The van der Waals surface area contributed by atoms with Gasteiger partial charge in [0.1, 0.15) is 0 Å². The van der Waals surface area contributed by atoms with E-state index in [1.54, 1.807) is 0 Å². The van der Waals surface area contributed by atoms with E-state index >= 15 is 0 Å². The van der Waals surface area contributed by atoms with Gasteiger partial charge in [0.15, 0.2) is 0 Å². The van der Waals surface area contributed by atoms with E-state index in [9.17, 15) is 0 Å². The second-order valence-corrected chi connectivity index (χ2v) is 4.42. The van der Waals surface area contributed by atoms with Crippen molar-refractivity contribution in [2.75, 3.05) is 11.9 Å². The summed E-state index contributed by atoms with van der Waals surface area (Å²) < 4.78 is 0. The van der Waals surface area contributed by atoms with Gasteiger partial charge in [-0.05, 0) is 36.3 Å². The van der Waals surface area contributed by atoms with Crippen LogP contribution < -0.4 is 5.32 Å². The number of rotatable bonds is 1. The Kier molecular flexibility index (Phi) is 2.76. The van der Waals surface area contributed by atoms with Gasteiger partial charge >= 0.3 is 0 Å². The van der Waals surface area contributed by atoms with Crippen LogP contribution in [0.15, 0.2) is 18.2 Å². The summed E-state index contributed by atoms with van der Waals surface area (Å²) in [6.45, 7) is 5.67. The highest BCUT2D eigenvalue weighted by molar-refractivity contribution is 5.59. The van der Waals surface area contributed by atoms with E-state index < -0.39 is 0 Å². The van der Waals surface area contributed by atoms with Gasteiger partial charge in [-0.2, -0.15) is 0 Å². The lowest BCUT2D eigenvalue weighted by Gasteiger charge is -2.16. The normalized spacial score (nSPS) is 15.9. The van der Waals surface area contributed by atoms with E-state index in [1.807, 2.05) is 0 Å². The molecular weight excluding hydrogens is 170 g/mol. The first-order valence-corrected chi connectivity index (χ1v) is 5.64. The van der Waals surface area contributed by atoms with Crippen molar-refractivity contribution in [1.82, 2.24) is 0 Å². The molecule has 1 aromatic carbocycles. The Labute approximate surface area is 86.5 Å². The molecule has 0 bridgehead atoms. The van der Waals surface area contributed by atoms with Crippen LogP contribution in [0.5, 0.6) is 0 Å². The highest BCUT2D eigenvalue weighted by Crippen LogP contribution is 2.30. The van der Waals surface area contributed by atoms with Crippen LogP contribution in [-0.4, -0.2) is 6.54 Å². The number of anilines is 1. The highest BCUT2D eigenvalue weighted by atomic mass is 14.9. The maximum Gasteiger partial charge on any atom is 0.0407 e. The minimum absolute atomic E-state index is 0.621. The maximum absolute atomic E-state index is 3.58. The van der Waals surface area contributed by atoms with Gasteiger partial charge in [-0.15, -0.1) is 0 Å². The fourth-order valence-electron chi connectivity index (χ4n) is 2.18. The predicted molar refractivity (Wildman–Crippen MR) is 62.0 cm³/mol. The minimum atomic E-state index is 0.621. The van der Waals surface area contributed by atoms with Crippen molar-refractivity contribution in [3.8, 4) is 0 Å². The monoisotopic (exact) mass is 189 g/mol. The quantitative estimate of drug-likeness (QED) is 0.712. The van der Waals surface area contributed by atoms with E-state index in [0.29, 0.717) is 5.92 Å². The summed E-state index contributed by atoms with van der Waals surface area (Å²) >= 11 is 0. The first-order valence-electron chi connectivity index (χ1n) is 5.64. The molecule has 1 heteroatoms. The molecule has 1 aliphatic heterocycles. The average Bonchev–Trinajstić information content (AvgIpc) is 2.41. The molecule has 1 aromatic rings. The molecule has 0 fully saturated rings. The summed E-state index contributed by atoms with van der Waals surface area (Å²) in [6.07, 6.45) is 3.86. The zero-order valence-corrected chi connectivity index (χ0v) is 9.14. The summed E-state index contributed by atoms with van der Waals surface area (Å²) in [6, 6.07) is 6.71. The summed E-state index contributed by atoms with van der Waals surface area (Å²) in [5.41, 5.74) is 4.40. The van der Waals surface area contributed by atoms with E-state index in [4.69, 9.17) is 0 Å². The van der Waals surface area contributed by atoms with E-state index in [1.165, 1.54) is 36.1 Å². The Morgan fingerprint density at radius 3 is 2.86 bits per heavy atom. The molecular formula is C13H19N. The Balaban J connectivity index is 2.42. The zero-order valence-electron chi connectivity index (χ0n) is 9.14. The van der Waals surface area contributed by atoms with E-state index in [2.05, 4.69) is 37.4 Å². The third kappa shape index (κ3) is 1.77. The Bertz CT molecular complexity index is 315. The van der Waals surface area contributed by atoms with Crippen LogP contribution in [0.25, 0.3) is 0 Å². The molecule has 0 unspecified atom stereocenters. The molecule has 76 valence electrons. The van der Waals surface area contributed by atoms with Crippen LogP contribution in [0.3, 0.4) is 0 Å². The second kappa shape index (κ2) is 4.04. The first-order chi connectivity index (χ1) is 6.79. The lowest BCUT2D eigenvalue weighted by Crippen LogP contribution is -2.04. The minimum Gasteiger partial charge on any atom is -0.385 e. The molecule has 2 rings (SSSR count). The summed E-state index contributed by atoms with van der Waals surface area (Å²) in [5.74, 6) is 0.621. The van der Waals surface area contributed by atoms with Crippen LogP contribution in [-0.2, 0) is 6.42 Å². The molecule has 1 nitrogen and oxygen atoms in total. The van der Waals surface area contributed by atoms with Crippen LogP contribution in [0.1, 0.15) is 43.7 Å². The van der Waals surface area contributed by atoms with Gasteiger partial charge in [-0.25, -0.2) is 0 Å². The number of hydrogen-bond acceptors (Lipinski definition) is 1. The fraction of sp³-hybridized carbons (Fsp3) is 0.538. The smallest absolute Gasteiger partial charge is 0.0407 e. The van der Waals surface area contributed by atoms with E-state index in [0.717, 1.165) is 6.54 Å². The molecule has 0 saturated carbocycles. The molecule has 1 N–H and O–H groups in total. The van der Waals surface area contributed by atoms with Crippen LogP contribution >= 0.6 is 0 Å². The first kappa shape index (κ1) is 9.57. The molecule has 0 aliphatic carbocycles. The Morgan fingerprint density at radius 1 is 1.21 bits per heavy atom. The predicted octanol–water partition coefficient (Wildman–Crippen LogP) is 3.56. The molecule has 1 aliphatic rings. The summed E-state index contributed by atoms with van der Waals surface area (Å²) in [5, 5.41) is 3.58. The highest BCUT2D eigenvalue weighted by Gasteiger charge is 2.12. The molecule has 14 heavy (non-hydrogen) atoms. The molecule has 0 saturated heterocycles. The topological polar surface area (TPSA) is 12.0 Å². The number of benzene rings is 1. The summed E-state index contributed by atoms with van der Waals surface area (Å²) in [4.78, 5) is 0. The number of nitrogens with one attached hydrogen (secondary N) is 1. The van der Waals surface area contributed by atoms with Gasteiger partial charge in [0, 0.05) is 12.2 Å². The zero-order chi connectivity index (χ0) is 9.97. The Morgan fingerprint density at radius 2 is 2.07 bits per heavy atom. The van der Waals surface area contributed by atoms with Crippen LogP contribution in [0.4, 0.5) is 5.69 Å². The van der Waals surface area contributed by atoms with Crippen molar-refractivity contribution in [2.24, 2.45) is 0 Å². The number of hydrogen-bond donors (Lipinski definition) is 1. The maximum atomic E-state index is 3.58. The van der Waals surface area contributed by atoms with Crippen LogP contribution in [0.2, 0.25) is 0 Å². The van der Waals surface area contributed by atoms with Crippen molar-refractivity contribution >= 4 is 5.69 Å². The van der Waals surface area contributed by atoms with E-state index in [-0.39, 0.29) is 0 Å². The van der Waals surface area contributed by atoms with Crippen molar-refractivity contribution in [2.45, 2.75) is 39.0 Å². The molecule has 0 atom stereocenters. The van der Waals surface area contributed by atoms with Gasteiger partial charge < -0.3 is 5.32 Å². The SMILES string of the molecule is CC(C)c1cccc2c1NCCCC2. The standard InChI is InChI=1S/C13H19N/c1-10(2)12-8-5-7-11-6-3-4-9-14-13(11)12/h5,7-8,10,14H,3-4,6,9H2,1-2H3. The van der Waals surface area contributed by atoms with Crippen molar-refractivity contribution in [3.63, 3.8) is 0 Å². The van der Waals surface area contributed by atoms with Gasteiger partial charge in [0.25, 0.3) is 0 Å². The van der Waals surface area contributed by atoms with Gasteiger partial charge in [-0.1, -0.05) is 32.0 Å². The second-order valence-electron chi connectivity index (χ2n) is 4.42. The fourth-order valence-corrected chi connectivity index (χ4v) is 2.18. The van der Waals surface area contributed by atoms with Crippen LogP contribution in [0, 0.1) is 0 Å². The van der Waals surface area contributed by atoms with Gasteiger partial charge in [0.2, 0.25) is 0 Å². The van der Waals surface area contributed by atoms with Crippen molar-refractivity contribution in [1.29, 1.82) is 0 Å². The summed E-state index contributed by atoms with van der Waals surface area (Å²) in [7, 11) is 0. The van der Waals surface area contributed by atoms with Crippen molar-refractivity contribution < 1.29 is 0 Å². The molecule has 0 amide bonds. The number of para-hydroxylation sites is 1. The number of aryl methyl sites for hydroxylation is 1. The Hall–Kier alpha value is -0.980. The third-order valence-corrected chi connectivity index (χ3v) is 2.98. The molecule has 0 spiro atoms. The van der Waals surface area contributed by atoms with Gasteiger partial charge in [-0.3, -0.25) is 0 Å². The lowest BCUT2D eigenvalue weighted by atomic mass is 9.96. The number of fused-ring (bicyclic) bond motifs is 1. The molecule has 0 radical (unpaired) electrons. The lowest BCUT2D eigenvalue weighted by molar-refractivity contribution is 0.785. The molecule has 0 aromatic heterocycles. The molecule has 1 heterocycles. The largest absolute Gasteiger partial charge is 0.385 e.